The number of hydrogen-bond donors (Lipinski definition) is 1. The van der Waals surface area contributed by atoms with Crippen LogP contribution >= 0.6 is 0 Å². The molecule has 1 aromatic rings. The molecule has 0 heterocycles. The summed E-state index contributed by atoms with van der Waals surface area (Å²) in [7, 11) is 0. The molecule has 1 nitrogen and oxygen atoms in total. The molecule has 1 N–H and O–H groups in total. The van der Waals surface area contributed by atoms with E-state index in [1.165, 1.54) is 12.0 Å². The third-order valence-corrected chi connectivity index (χ3v) is 2.18. The van der Waals surface area contributed by atoms with Crippen LogP contribution in [0.1, 0.15) is 31.4 Å². The number of rotatable bonds is 4. The van der Waals surface area contributed by atoms with Gasteiger partial charge < -0.3 is 5.11 Å². The second kappa shape index (κ2) is 5.03. The zero-order chi connectivity index (χ0) is 9.68. The Morgan fingerprint density at radius 1 is 1.23 bits per heavy atom. The molecule has 72 valence electrons. The van der Waals surface area contributed by atoms with Gasteiger partial charge in [-0.15, -0.1) is 0 Å². The standard InChI is InChI=1S/C12H18O/c1-10(2)6-7-11-4-3-5-12(8-11)9-13/h3-5,8,10,13H,6-7,9H2,1-2H3. The molecule has 1 aromatic carbocycles. The van der Waals surface area contributed by atoms with Crippen molar-refractivity contribution >= 4 is 0 Å². The summed E-state index contributed by atoms with van der Waals surface area (Å²) < 4.78 is 0. The van der Waals surface area contributed by atoms with E-state index in [4.69, 9.17) is 5.11 Å². The Kier molecular flexibility index (Phi) is 3.97. The summed E-state index contributed by atoms with van der Waals surface area (Å²) >= 11 is 0. The minimum atomic E-state index is 0.148. The molecule has 0 atom stereocenters. The van der Waals surface area contributed by atoms with Crippen molar-refractivity contribution < 1.29 is 5.11 Å². The van der Waals surface area contributed by atoms with Crippen molar-refractivity contribution in [1.82, 2.24) is 0 Å². The fraction of sp³-hybridized carbons (Fsp3) is 0.500. The van der Waals surface area contributed by atoms with E-state index in [1.54, 1.807) is 0 Å². The Labute approximate surface area is 80.4 Å². The number of aliphatic hydroxyl groups excluding tert-OH is 1. The highest BCUT2D eigenvalue weighted by atomic mass is 16.3. The molecule has 0 unspecified atom stereocenters. The molecular formula is C12H18O. The minimum absolute atomic E-state index is 0.148. The fourth-order valence-corrected chi connectivity index (χ4v) is 1.34. The van der Waals surface area contributed by atoms with Crippen molar-refractivity contribution in [2.24, 2.45) is 5.92 Å². The summed E-state index contributed by atoms with van der Waals surface area (Å²) in [6, 6.07) is 8.18. The highest BCUT2D eigenvalue weighted by Crippen LogP contribution is 2.10. The van der Waals surface area contributed by atoms with Gasteiger partial charge in [0.05, 0.1) is 6.61 Å². The van der Waals surface area contributed by atoms with Gasteiger partial charge in [-0.3, -0.25) is 0 Å². The Balaban J connectivity index is 2.56. The molecule has 1 rings (SSSR count). The van der Waals surface area contributed by atoms with E-state index >= 15 is 0 Å². The molecule has 0 amide bonds. The lowest BCUT2D eigenvalue weighted by atomic mass is 10.0. The molecule has 0 radical (unpaired) electrons. The quantitative estimate of drug-likeness (QED) is 0.751. The largest absolute Gasteiger partial charge is 0.392 e. The second-order valence-corrected chi connectivity index (χ2v) is 3.91. The van der Waals surface area contributed by atoms with Crippen molar-refractivity contribution in [1.29, 1.82) is 0 Å². The molecule has 0 saturated carbocycles. The molecule has 0 aromatic heterocycles. The maximum absolute atomic E-state index is 8.94. The van der Waals surface area contributed by atoms with E-state index in [2.05, 4.69) is 26.0 Å². The number of aliphatic hydroxyl groups is 1. The lowest BCUT2D eigenvalue weighted by Gasteiger charge is -2.05. The van der Waals surface area contributed by atoms with Crippen LogP contribution in [0.5, 0.6) is 0 Å². The molecule has 13 heavy (non-hydrogen) atoms. The normalized spacial score (nSPS) is 10.8. The van der Waals surface area contributed by atoms with E-state index in [1.807, 2.05) is 12.1 Å². The smallest absolute Gasteiger partial charge is 0.0681 e. The predicted octanol–water partition coefficient (Wildman–Crippen LogP) is 2.77. The van der Waals surface area contributed by atoms with Crippen molar-refractivity contribution in [3.8, 4) is 0 Å². The third kappa shape index (κ3) is 3.60. The van der Waals surface area contributed by atoms with Gasteiger partial charge in [-0.2, -0.15) is 0 Å². The van der Waals surface area contributed by atoms with E-state index in [0.29, 0.717) is 0 Å². The molecule has 0 fully saturated rings. The molecule has 0 spiro atoms. The topological polar surface area (TPSA) is 20.2 Å². The first-order chi connectivity index (χ1) is 6.22. The minimum Gasteiger partial charge on any atom is -0.392 e. The molecule has 1 heteroatoms. The summed E-state index contributed by atoms with van der Waals surface area (Å²) in [6.45, 7) is 4.61. The molecule has 0 aliphatic carbocycles. The van der Waals surface area contributed by atoms with Crippen LogP contribution in [0.4, 0.5) is 0 Å². The van der Waals surface area contributed by atoms with Gasteiger partial charge in [0.1, 0.15) is 0 Å². The van der Waals surface area contributed by atoms with E-state index in [9.17, 15) is 0 Å². The fourth-order valence-electron chi connectivity index (χ4n) is 1.34. The van der Waals surface area contributed by atoms with Gasteiger partial charge in [0, 0.05) is 0 Å². The van der Waals surface area contributed by atoms with E-state index in [-0.39, 0.29) is 6.61 Å². The average Bonchev–Trinajstić information content (AvgIpc) is 2.15. The van der Waals surface area contributed by atoms with E-state index in [0.717, 1.165) is 17.9 Å². The number of hydrogen-bond acceptors (Lipinski definition) is 1. The summed E-state index contributed by atoms with van der Waals surface area (Å²) in [6.07, 6.45) is 2.33. The summed E-state index contributed by atoms with van der Waals surface area (Å²) in [5, 5.41) is 8.94. The maximum atomic E-state index is 8.94. The van der Waals surface area contributed by atoms with Gasteiger partial charge in [0.25, 0.3) is 0 Å². The van der Waals surface area contributed by atoms with Crippen LogP contribution in [0.25, 0.3) is 0 Å². The molecule has 0 aliphatic heterocycles. The lowest BCUT2D eigenvalue weighted by Crippen LogP contribution is -1.93. The zero-order valence-corrected chi connectivity index (χ0v) is 8.46. The van der Waals surface area contributed by atoms with Crippen molar-refractivity contribution in [3.05, 3.63) is 35.4 Å². The van der Waals surface area contributed by atoms with Crippen LogP contribution in [0.2, 0.25) is 0 Å². The first kappa shape index (κ1) is 10.3. The highest BCUT2D eigenvalue weighted by molar-refractivity contribution is 5.22. The van der Waals surface area contributed by atoms with Gasteiger partial charge in [0.2, 0.25) is 0 Å². The number of aryl methyl sites for hydroxylation is 1. The van der Waals surface area contributed by atoms with Crippen molar-refractivity contribution in [3.63, 3.8) is 0 Å². The molecule has 0 aliphatic rings. The summed E-state index contributed by atoms with van der Waals surface area (Å²) in [5.74, 6) is 0.748. The van der Waals surface area contributed by atoms with Crippen LogP contribution in [0.3, 0.4) is 0 Å². The molecular weight excluding hydrogens is 160 g/mol. The van der Waals surface area contributed by atoms with Gasteiger partial charge in [-0.1, -0.05) is 38.1 Å². The first-order valence-electron chi connectivity index (χ1n) is 4.91. The van der Waals surface area contributed by atoms with Crippen LogP contribution in [0.15, 0.2) is 24.3 Å². The third-order valence-electron chi connectivity index (χ3n) is 2.18. The van der Waals surface area contributed by atoms with Crippen LogP contribution in [-0.2, 0) is 13.0 Å². The van der Waals surface area contributed by atoms with Gasteiger partial charge in [0.15, 0.2) is 0 Å². The predicted molar refractivity (Wildman–Crippen MR) is 55.5 cm³/mol. The summed E-state index contributed by atoms with van der Waals surface area (Å²) in [5.41, 5.74) is 2.35. The van der Waals surface area contributed by atoms with Crippen LogP contribution in [-0.4, -0.2) is 5.11 Å². The molecule has 0 bridgehead atoms. The van der Waals surface area contributed by atoms with Gasteiger partial charge >= 0.3 is 0 Å². The lowest BCUT2D eigenvalue weighted by molar-refractivity contribution is 0.281. The average molecular weight is 178 g/mol. The maximum Gasteiger partial charge on any atom is 0.0681 e. The van der Waals surface area contributed by atoms with Crippen molar-refractivity contribution in [2.45, 2.75) is 33.3 Å². The Bertz CT molecular complexity index is 253. The Morgan fingerprint density at radius 3 is 2.54 bits per heavy atom. The second-order valence-electron chi connectivity index (χ2n) is 3.91. The Morgan fingerprint density at radius 2 is 1.92 bits per heavy atom. The monoisotopic (exact) mass is 178 g/mol. The van der Waals surface area contributed by atoms with Gasteiger partial charge in [-0.05, 0) is 29.9 Å². The zero-order valence-electron chi connectivity index (χ0n) is 8.46. The highest BCUT2D eigenvalue weighted by Gasteiger charge is 1.97. The number of benzene rings is 1. The Hall–Kier alpha value is -0.820. The van der Waals surface area contributed by atoms with Crippen LogP contribution in [0, 0.1) is 5.92 Å². The summed E-state index contributed by atoms with van der Waals surface area (Å²) in [4.78, 5) is 0. The SMILES string of the molecule is CC(C)CCc1cccc(CO)c1. The van der Waals surface area contributed by atoms with Crippen LogP contribution < -0.4 is 0 Å². The van der Waals surface area contributed by atoms with Crippen molar-refractivity contribution in [2.75, 3.05) is 0 Å². The van der Waals surface area contributed by atoms with Gasteiger partial charge in [-0.25, -0.2) is 0 Å². The first-order valence-corrected chi connectivity index (χ1v) is 4.91. The molecule has 0 saturated heterocycles. The van der Waals surface area contributed by atoms with E-state index < -0.39 is 0 Å².